The summed E-state index contributed by atoms with van der Waals surface area (Å²) in [4.78, 5) is 26.4. The van der Waals surface area contributed by atoms with Gasteiger partial charge in [-0.15, -0.1) is 0 Å². The van der Waals surface area contributed by atoms with Crippen LogP contribution in [0.2, 0.25) is 0 Å². The minimum Gasteiger partial charge on any atom is -0.322 e. The molecule has 1 aliphatic rings. The van der Waals surface area contributed by atoms with Crippen molar-refractivity contribution in [2.75, 3.05) is 11.6 Å². The second-order valence-electron chi connectivity index (χ2n) is 8.16. The van der Waals surface area contributed by atoms with Gasteiger partial charge in [0.25, 0.3) is 0 Å². The summed E-state index contributed by atoms with van der Waals surface area (Å²) in [7, 11) is -2.08. The summed E-state index contributed by atoms with van der Waals surface area (Å²) in [6.45, 7) is 0. The second-order valence-corrected chi connectivity index (χ2v) is 10.1. The monoisotopic (exact) mass is 455 g/mol. The van der Waals surface area contributed by atoms with E-state index in [1.807, 2.05) is 18.2 Å². The Labute approximate surface area is 186 Å². The van der Waals surface area contributed by atoms with Gasteiger partial charge in [0.05, 0.1) is 17.6 Å². The highest BCUT2D eigenvalue weighted by molar-refractivity contribution is 7.90. The van der Waals surface area contributed by atoms with E-state index in [0.29, 0.717) is 18.4 Å². The molecular formula is C22H25N5O4S. The predicted molar refractivity (Wildman–Crippen MR) is 119 cm³/mol. The number of hydrogen-bond acceptors (Lipinski definition) is 6. The highest BCUT2D eigenvalue weighted by atomic mass is 32.2. The number of Topliss-reactive ketones (excluding diaryl/α,β-unsaturated/α-hetero) is 1. The lowest BCUT2D eigenvalue weighted by Gasteiger charge is -2.29. The maximum Gasteiger partial charge on any atom is 0.228 e. The number of amides is 1. The van der Waals surface area contributed by atoms with Crippen LogP contribution in [0.4, 0.5) is 5.69 Å². The fourth-order valence-electron chi connectivity index (χ4n) is 4.38. The lowest BCUT2D eigenvalue weighted by atomic mass is 9.75. The Kier molecular flexibility index (Phi) is 5.96. The molecule has 1 aromatic carbocycles. The number of anilines is 1. The number of benzene rings is 1. The smallest absolute Gasteiger partial charge is 0.228 e. The Hall–Kier alpha value is -3.27. The largest absolute Gasteiger partial charge is 0.322 e. The fourth-order valence-corrected chi connectivity index (χ4v) is 5.41. The molecule has 168 valence electrons. The van der Waals surface area contributed by atoms with Gasteiger partial charge in [-0.2, -0.15) is 10.2 Å². The molecule has 0 bridgehead atoms. The number of nitrogens with one attached hydrogen (secondary N) is 2. The summed E-state index contributed by atoms with van der Waals surface area (Å²) in [6.07, 6.45) is 6.95. The van der Waals surface area contributed by atoms with Crippen LogP contribution in [-0.4, -0.2) is 46.3 Å². The molecule has 0 saturated heterocycles. The number of aromatic amines is 1. The van der Waals surface area contributed by atoms with Gasteiger partial charge < -0.3 is 5.32 Å². The minimum absolute atomic E-state index is 0.0565. The van der Waals surface area contributed by atoms with Crippen LogP contribution in [0.5, 0.6) is 0 Å². The van der Waals surface area contributed by atoms with Gasteiger partial charge in [-0.1, -0.05) is 37.1 Å². The summed E-state index contributed by atoms with van der Waals surface area (Å²) in [5.41, 5.74) is 2.47. The SMILES string of the molecule is Cn1ncc(NC(=O)[C@@H]2CCCC[C@H]2C(=O)c2ccc(-c3ccn[nH]3)cc2)c1S(C)(=O)=O. The number of aromatic nitrogens is 4. The van der Waals surface area contributed by atoms with E-state index >= 15 is 0 Å². The number of sulfone groups is 1. The average molecular weight is 456 g/mol. The van der Waals surface area contributed by atoms with E-state index in [9.17, 15) is 18.0 Å². The van der Waals surface area contributed by atoms with E-state index < -0.39 is 21.7 Å². The molecule has 1 saturated carbocycles. The molecule has 0 aliphatic heterocycles. The average Bonchev–Trinajstić information content (AvgIpc) is 3.43. The van der Waals surface area contributed by atoms with Crippen LogP contribution in [0.25, 0.3) is 11.3 Å². The number of carbonyl (C=O) groups excluding carboxylic acids is 2. The van der Waals surface area contributed by atoms with Crippen molar-refractivity contribution in [3.8, 4) is 11.3 Å². The predicted octanol–water partition coefficient (Wildman–Crippen LogP) is 2.84. The maximum absolute atomic E-state index is 13.3. The van der Waals surface area contributed by atoms with E-state index in [1.165, 1.54) is 17.9 Å². The molecular weight excluding hydrogens is 430 g/mol. The summed E-state index contributed by atoms with van der Waals surface area (Å²) < 4.78 is 25.4. The van der Waals surface area contributed by atoms with Crippen molar-refractivity contribution in [2.24, 2.45) is 18.9 Å². The number of ketones is 1. The molecule has 2 N–H and O–H groups in total. The topological polar surface area (TPSA) is 127 Å². The van der Waals surface area contributed by atoms with Gasteiger partial charge in [0, 0.05) is 36.9 Å². The Morgan fingerprint density at radius 2 is 1.78 bits per heavy atom. The zero-order chi connectivity index (χ0) is 22.9. The molecule has 9 nitrogen and oxygen atoms in total. The summed E-state index contributed by atoms with van der Waals surface area (Å²) in [5, 5.41) is 13.4. The standard InChI is InChI=1S/C22H25N5O4S/c1-27-22(32(2,30)31)19(13-24-27)25-21(29)17-6-4-3-5-16(17)20(28)15-9-7-14(8-10-15)18-11-12-23-26-18/h7-13,16-17H,3-6H2,1-2H3,(H,23,26)(H,25,29)/t16-,17-/m1/s1. The molecule has 1 aliphatic carbocycles. The molecule has 32 heavy (non-hydrogen) atoms. The van der Waals surface area contributed by atoms with Gasteiger partial charge in [0.2, 0.25) is 5.91 Å². The van der Waals surface area contributed by atoms with Gasteiger partial charge in [-0.3, -0.25) is 19.4 Å². The van der Waals surface area contributed by atoms with Crippen LogP contribution in [0.3, 0.4) is 0 Å². The van der Waals surface area contributed by atoms with Gasteiger partial charge in [-0.05, 0) is 24.5 Å². The van der Waals surface area contributed by atoms with E-state index in [4.69, 9.17) is 0 Å². The molecule has 1 fully saturated rings. The van der Waals surface area contributed by atoms with Crippen molar-refractivity contribution in [1.29, 1.82) is 0 Å². The van der Waals surface area contributed by atoms with Crippen LogP contribution in [-0.2, 0) is 21.7 Å². The summed E-state index contributed by atoms with van der Waals surface area (Å²) in [5.74, 6) is -1.41. The van der Waals surface area contributed by atoms with Crippen molar-refractivity contribution in [3.05, 3.63) is 48.3 Å². The number of hydrogen-bond donors (Lipinski definition) is 2. The Morgan fingerprint density at radius 3 is 2.41 bits per heavy atom. The Bertz CT molecular complexity index is 1230. The van der Waals surface area contributed by atoms with Gasteiger partial charge in [0.1, 0.15) is 0 Å². The Balaban J connectivity index is 1.54. The normalized spacial score (nSPS) is 18.9. The molecule has 1 amide bonds. The molecule has 2 heterocycles. The number of carbonyl (C=O) groups is 2. The lowest BCUT2D eigenvalue weighted by Crippen LogP contribution is -2.36. The fraction of sp³-hybridized carbons (Fsp3) is 0.364. The summed E-state index contributed by atoms with van der Waals surface area (Å²) >= 11 is 0. The third-order valence-electron chi connectivity index (χ3n) is 5.91. The molecule has 0 unspecified atom stereocenters. The molecule has 10 heteroatoms. The minimum atomic E-state index is -3.58. The van der Waals surface area contributed by atoms with Crippen LogP contribution >= 0.6 is 0 Å². The molecule has 4 rings (SSSR count). The molecule has 0 spiro atoms. The van der Waals surface area contributed by atoms with E-state index in [-0.39, 0.29) is 22.4 Å². The van der Waals surface area contributed by atoms with E-state index in [0.717, 1.165) is 30.4 Å². The van der Waals surface area contributed by atoms with Crippen molar-refractivity contribution < 1.29 is 18.0 Å². The number of rotatable bonds is 6. The second kappa shape index (κ2) is 8.70. The quantitative estimate of drug-likeness (QED) is 0.550. The first-order valence-electron chi connectivity index (χ1n) is 10.4. The highest BCUT2D eigenvalue weighted by Gasteiger charge is 2.37. The zero-order valence-electron chi connectivity index (χ0n) is 17.9. The van der Waals surface area contributed by atoms with Crippen molar-refractivity contribution in [2.45, 2.75) is 30.7 Å². The third kappa shape index (κ3) is 4.36. The maximum atomic E-state index is 13.3. The molecule has 2 aromatic heterocycles. The van der Waals surface area contributed by atoms with Crippen LogP contribution < -0.4 is 5.32 Å². The van der Waals surface area contributed by atoms with Gasteiger partial charge in [-0.25, -0.2) is 8.42 Å². The first-order valence-corrected chi connectivity index (χ1v) is 12.3. The van der Waals surface area contributed by atoms with Gasteiger partial charge in [0.15, 0.2) is 20.6 Å². The zero-order valence-corrected chi connectivity index (χ0v) is 18.7. The van der Waals surface area contributed by atoms with Crippen LogP contribution in [0.15, 0.2) is 47.8 Å². The summed E-state index contributed by atoms with van der Waals surface area (Å²) in [6, 6.07) is 9.09. The first kappa shape index (κ1) is 21.9. The molecule has 0 radical (unpaired) electrons. The van der Waals surface area contributed by atoms with Crippen molar-refractivity contribution in [3.63, 3.8) is 0 Å². The first-order chi connectivity index (χ1) is 15.3. The molecule has 2 atom stereocenters. The van der Waals surface area contributed by atoms with Crippen molar-refractivity contribution >= 4 is 27.2 Å². The number of nitrogens with zero attached hydrogens (tertiary/aromatic N) is 3. The Morgan fingerprint density at radius 1 is 1.09 bits per heavy atom. The number of H-pyrrole nitrogens is 1. The van der Waals surface area contributed by atoms with Crippen molar-refractivity contribution in [1.82, 2.24) is 20.0 Å². The van der Waals surface area contributed by atoms with Gasteiger partial charge >= 0.3 is 0 Å². The van der Waals surface area contributed by atoms with Crippen LogP contribution in [0.1, 0.15) is 36.0 Å². The number of aryl methyl sites for hydroxylation is 1. The van der Waals surface area contributed by atoms with E-state index in [2.05, 4.69) is 20.6 Å². The third-order valence-corrected chi connectivity index (χ3v) is 7.10. The highest BCUT2D eigenvalue weighted by Crippen LogP contribution is 2.34. The van der Waals surface area contributed by atoms with E-state index in [1.54, 1.807) is 18.3 Å². The lowest BCUT2D eigenvalue weighted by molar-refractivity contribution is -0.122. The van der Waals surface area contributed by atoms with Crippen LogP contribution in [0, 0.1) is 11.8 Å². The molecule has 3 aromatic rings.